The van der Waals surface area contributed by atoms with Crippen LogP contribution in [0.15, 0.2) is 84.9 Å². The summed E-state index contributed by atoms with van der Waals surface area (Å²) in [6, 6.07) is 29.2. The zero-order chi connectivity index (χ0) is 31.2. The fourth-order valence-corrected chi connectivity index (χ4v) is 6.74. The minimum Gasteiger partial charge on any atom is -0.486 e. The van der Waals surface area contributed by atoms with E-state index in [9.17, 15) is 10.1 Å². The number of hydrogen-bond donors (Lipinski definition) is 2. The fraction of sp³-hybridized carbons (Fsp3) is 0.278. The molecule has 0 bridgehead atoms. The molecule has 2 heterocycles. The summed E-state index contributed by atoms with van der Waals surface area (Å²) in [5.41, 5.74) is 5.61. The Balaban J connectivity index is 1.14. The van der Waals surface area contributed by atoms with Crippen LogP contribution >= 0.6 is 23.2 Å². The maximum Gasteiger partial charge on any atom is 0.319 e. The molecule has 7 nitrogen and oxygen atoms in total. The third-order valence-corrected chi connectivity index (χ3v) is 8.92. The number of ether oxygens (including phenoxy) is 2. The monoisotopic (exact) mass is 640 g/mol. The summed E-state index contributed by atoms with van der Waals surface area (Å²) >= 11 is 12.2. The van der Waals surface area contributed by atoms with E-state index in [4.69, 9.17) is 32.7 Å². The number of nitrogens with one attached hydrogen (secondary N) is 2. The lowest BCUT2D eigenvalue weighted by molar-refractivity contribution is 0.158. The second-order valence-corrected chi connectivity index (χ2v) is 12.4. The number of anilines is 1. The van der Waals surface area contributed by atoms with Gasteiger partial charge in [-0.25, -0.2) is 4.79 Å². The van der Waals surface area contributed by atoms with Gasteiger partial charge in [0.05, 0.1) is 11.6 Å². The van der Waals surface area contributed by atoms with Crippen molar-refractivity contribution in [3.8, 4) is 28.7 Å². The summed E-state index contributed by atoms with van der Waals surface area (Å²) in [6.45, 7) is 4.42. The maximum atomic E-state index is 12.9. The highest BCUT2D eigenvalue weighted by Gasteiger charge is 2.28. The van der Waals surface area contributed by atoms with Crippen LogP contribution in [0.3, 0.4) is 0 Å². The molecule has 1 saturated heterocycles. The molecule has 1 unspecified atom stereocenters. The van der Waals surface area contributed by atoms with Crippen LogP contribution in [0.1, 0.15) is 35.4 Å². The molecule has 9 heteroatoms. The topological polar surface area (TPSA) is 86.6 Å². The lowest BCUT2D eigenvalue weighted by Gasteiger charge is -2.36. The van der Waals surface area contributed by atoms with E-state index >= 15 is 0 Å². The van der Waals surface area contributed by atoms with E-state index in [1.807, 2.05) is 30.3 Å². The van der Waals surface area contributed by atoms with Crippen molar-refractivity contribution in [3.63, 3.8) is 0 Å². The van der Waals surface area contributed by atoms with Crippen molar-refractivity contribution in [2.24, 2.45) is 5.92 Å². The third kappa shape index (κ3) is 7.90. The first-order valence-electron chi connectivity index (χ1n) is 15.2. The first-order chi connectivity index (χ1) is 21.9. The van der Waals surface area contributed by atoms with Crippen molar-refractivity contribution in [1.29, 1.82) is 5.26 Å². The van der Waals surface area contributed by atoms with Crippen molar-refractivity contribution in [1.82, 2.24) is 10.2 Å². The van der Waals surface area contributed by atoms with Crippen LogP contribution in [0.25, 0.3) is 11.1 Å². The molecular weight excluding hydrogens is 607 g/mol. The summed E-state index contributed by atoms with van der Waals surface area (Å²) in [5.74, 6) is 2.14. The molecular formula is C36H34Cl2N4O3. The quantitative estimate of drug-likeness (QED) is 0.203. The zero-order valence-corrected chi connectivity index (χ0v) is 26.3. The first kappa shape index (κ1) is 30.8. The predicted molar refractivity (Wildman–Crippen MR) is 178 cm³/mol. The smallest absolute Gasteiger partial charge is 0.319 e. The molecule has 2 N–H and O–H groups in total. The van der Waals surface area contributed by atoms with Crippen LogP contribution in [0.5, 0.6) is 11.5 Å². The lowest BCUT2D eigenvalue weighted by atomic mass is 9.79. The Hall–Kier alpha value is -4.22. The number of benzene rings is 4. The van der Waals surface area contributed by atoms with Crippen LogP contribution in [0, 0.1) is 17.2 Å². The number of nitriles is 1. The number of carbonyl (C=O) groups excluding carboxylic acids is 1. The number of carbonyl (C=O) groups is 1. The number of urea groups is 1. The first-order valence-corrected chi connectivity index (χ1v) is 15.9. The number of hydrogen-bond acceptors (Lipinski definition) is 5. The SMILES string of the molecule is N#Cc1cccc(-c2ccc(C(CNC(=O)Nc3cc(Cl)cc(Cl)c3)C3CCN(Cc4ccc5c(c4)OCCO5)CC3)cc2)c1. The molecule has 1 fully saturated rings. The van der Waals surface area contributed by atoms with Gasteiger partial charge in [-0.15, -0.1) is 0 Å². The maximum absolute atomic E-state index is 12.9. The van der Waals surface area contributed by atoms with Crippen LogP contribution < -0.4 is 20.1 Å². The van der Waals surface area contributed by atoms with Gasteiger partial charge in [0.15, 0.2) is 11.5 Å². The van der Waals surface area contributed by atoms with Crippen molar-refractivity contribution in [2.45, 2.75) is 25.3 Å². The van der Waals surface area contributed by atoms with Crippen molar-refractivity contribution < 1.29 is 14.3 Å². The van der Waals surface area contributed by atoms with E-state index in [1.54, 1.807) is 18.2 Å². The Labute approximate surface area is 273 Å². The number of nitrogens with zero attached hydrogens (tertiary/aromatic N) is 2. The number of fused-ring (bicyclic) bond motifs is 1. The molecule has 6 rings (SSSR count). The molecule has 2 aliphatic rings. The number of likely N-dealkylation sites (tertiary alicyclic amines) is 1. The van der Waals surface area contributed by atoms with E-state index in [1.165, 1.54) is 11.1 Å². The van der Waals surface area contributed by atoms with E-state index in [0.717, 1.165) is 55.1 Å². The minimum absolute atomic E-state index is 0.120. The summed E-state index contributed by atoms with van der Waals surface area (Å²) in [7, 11) is 0. The Morgan fingerprint density at radius 2 is 1.62 bits per heavy atom. The zero-order valence-electron chi connectivity index (χ0n) is 24.8. The number of piperidine rings is 1. The van der Waals surface area contributed by atoms with Crippen molar-refractivity contribution >= 4 is 34.9 Å². The van der Waals surface area contributed by atoms with E-state index in [2.05, 4.69) is 58.0 Å². The molecule has 0 spiro atoms. The van der Waals surface area contributed by atoms with Crippen LogP contribution in [-0.4, -0.2) is 43.8 Å². The highest BCUT2D eigenvalue weighted by Crippen LogP contribution is 2.35. The molecule has 4 aromatic carbocycles. The van der Waals surface area contributed by atoms with Gasteiger partial charge in [-0.05, 0) is 96.6 Å². The number of amides is 2. The van der Waals surface area contributed by atoms with Gasteiger partial charge in [0, 0.05) is 34.7 Å². The largest absolute Gasteiger partial charge is 0.486 e. The predicted octanol–water partition coefficient (Wildman–Crippen LogP) is 8.12. The van der Waals surface area contributed by atoms with Crippen LogP contribution in [-0.2, 0) is 6.54 Å². The molecule has 0 aliphatic carbocycles. The van der Waals surface area contributed by atoms with Crippen LogP contribution in [0.2, 0.25) is 10.0 Å². The number of rotatable bonds is 8. The number of halogens is 2. The Morgan fingerprint density at radius 1 is 0.889 bits per heavy atom. The molecule has 45 heavy (non-hydrogen) atoms. The van der Waals surface area contributed by atoms with Gasteiger partial charge < -0.3 is 20.1 Å². The molecule has 0 radical (unpaired) electrons. The second kappa shape index (κ2) is 14.3. The van der Waals surface area contributed by atoms with Gasteiger partial charge in [-0.1, -0.05) is 65.7 Å². The fourth-order valence-electron chi connectivity index (χ4n) is 6.21. The summed E-state index contributed by atoms with van der Waals surface area (Å²) in [5, 5.41) is 16.2. The molecule has 0 saturated carbocycles. The van der Waals surface area contributed by atoms with E-state index in [0.29, 0.717) is 47.0 Å². The van der Waals surface area contributed by atoms with Gasteiger partial charge in [0.2, 0.25) is 0 Å². The van der Waals surface area contributed by atoms with E-state index in [-0.39, 0.29) is 11.9 Å². The standard InChI is InChI=1S/C36H34Cl2N4O3/c37-30-18-31(38)20-32(19-30)41-36(43)40-22-33(27-7-5-26(6-8-27)29-3-1-2-24(16-29)21-39)28-10-12-42(13-11-28)23-25-4-9-34-35(17-25)45-15-14-44-34/h1-9,16-20,28,33H,10-15,22-23H2,(H2,40,41,43). The second-order valence-electron chi connectivity index (χ2n) is 11.5. The van der Waals surface area contributed by atoms with Gasteiger partial charge in [-0.2, -0.15) is 5.26 Å². The molecule has 230 valence electrons. The average molecular weight is 642 g/mol. The van der Waals surface area contributed by atoms with Gasteiger partial charge in [-0.3, -0.25) is 4.90 Å². The minimum atomic E-state index is -0.306. The average Bonchev–Trinajstić information content (AvgIpc) is 3.05. The van der Waals surface area contributed by atoms with Gasteiger partial charge >= 0.3 is 6.03 Å². The Morgan fingerprint density at radius 3 is 2.36 bits per heavy atom. The highest BCUT2D eigenvalue weighted by molar-refractivity contribution is 6.35. The summed E-state index contributed by atoms with van der Waals surface area (Å²) < 4.78 is 11.5. The molecule has 2 aliphatic heterocycles. The van der Waals surface area contributed by atoms with Crippen molar-refractivity contribution in [3.05, 3.63) is 112 Å². The molecule has 2 amide bonds. The molecule has 4 aromatic rings. The normalized spacial score (nSPS) is 15.6. The third-order valence-electron chi connectivity index (χ3n) is 8.48. The molecule has 1 atom stereocenters. The van der Waals surface area contributed by atoms with Crippen LogP contribution in [0.4, 0.5) is 10.5 Å². The highest BCUT2D eigenvalue weighted by atomic mass is 35.5. The van der Waals surface area contributed by atoms with Gasteiger partial charge in [0.1, 0.15) is 13.2 Å². The lowest BCUT2D eigenvalue weighted by Crippen LogP contribution is -2.39. The van der Waals surface area contributed by atoms with Crippen molar-refractivity contribution in [2.75, 3.05) is 38.2 Å². The van der Waals surface area contributed by atoms with E-state index < -0.39 is 0 Å². The van der Waals surface area contributed by atoms with Gasteiger partial charge in [0.25, 0.3) is 0 Å². The Bertz CT molecular complexity index is 1680. The Kier molecular flexibility index (Phi) is 9.75. The summed E-state index contributed by atoms with van der Waals surface area (Å²) in [4.78, 5) is 15.4. The summed E-state index contributed by atoms with van der Waals surface area (Å²) in [6.07, 6.45) is 2.02. The molecule has 0 aromatic heterocycles.